The largest absolute Gasteiger partial charge is 0.514 e. The van der Waals surface area contributed by atoms with E-state index in [-0.39, 0.29) is 5.57 Å². The summed E-state index contributed by atoms with van der Waals surface area (Å²) in [5.74, 6) is 0.385. The molecular weight excluding hydrogens is 178 g/mol. The summed E-state index contributed by atoms with van der Waals surface area (Å²) in [6.45, 7) is 0. The molecule has 1 heterocycles. The molecule has 0 saturated carbocycles. The van der Waals surface area contributed by atoms with E-state index in [4.69, 9.17) is 10.4 Å². The normalized spacial score (nSPS) is 11.5. The SMILES string of the molecule is N#C/C(=C/O)c1nc2ccccc2[nH]1. The van der Waals surface area contributed by atoms with Crippen LogP contribution in [-0.4, -0.2) is 15.1 Å². The molecular formula is C10H7N3O. The number of para-hydroxylation sites is 2. The van der Waals surface area contributed by atoms with Gasteiger partial charge in [0, 0.05) is 0 Å². The molecule has 4 nitrogen and oxygen atoms in total. The molecule has 4 heteroatoms. The van der Waals surface area contributed by atoms with Crippen LogP contribution < -0.4 is 0 Å². The Morgan fingerprint density at radius 3 is 2.93 bits per heavy atom. The molecule has 68 valence electrons. The van der Waals surface area contributed by atoms with E-state index < -0.39 is 0 Å². The number of benzene rings is 1. The maximum absolute atomic E-state index is 8.76. The maximum atomic E-state index is 8.76. The Morgan fingerprint density at radius 2 is 2.29 bits per heavy atom. The first-order valence-corrected chi connectivity index (χ1v) is 4.05. The van der Waals surface area contributed by atoms with Crippen LogP contribution in [0.3, 0.4) is 0 Å². The van der Waals surface area contributed by atoms with Crippen LogP contribution >= 0.6 is 0 Å². The molecule has 2 aromatic rings. The maximum Gasteiger partial charge on any atom is 0.152 e. The van der Waals surface area contributed by atoms with Crippen molar-refractivity contribution in [1.82, 2.24) is 9.97 Å². The Hall–Kier alpha value is -2.28. The highest BCUT2D eigenvalue weighted by Crippen LogP contribution is 2.15. The molecule has 0 aliphatic carbocycles. The third-order valence-corrected chi connectivity index (χ3v) is 1.89. The van der Waals surface area contributed by atoms with Crippen molar-refractivity contribution >= 4 is 16.6 Å². The number of hydrogen-bond donors (Lipinski definition) is 2. The van der Waals surface area contributed by atoms with Gasteiger partial charge in [0.1, 0.15) is 17.9 Å². The number of aliphatic hydroxyl groups is 1. The van der Waals surface area contributed by atoms with Crippen molar-refractivity contribution in [3.63, 3.8) is 0 Å². The summed E-state index contributed by atoms with van der Waals surface area (Å²) in [5, 5.41) is 17.4. The summed E-state index contributed by atoms with van der Waals surface area (Å²) in [5.41, 5.74) is 1.75. The number of aliphatic hydroxyl groups excluding tert-OH is 1. The van der Waals surface area contributed by atoms with Gasteiger partial charge in [-0.15, -0.1) is 0 Å². The standard InChI is InChI=1S/C10H7N3O/c11-5-7(6-14)10-12-8-3-1-2-4-9(8)13-10/h1-4,6,14H,(H,12,13)/b7-6-. The molecule has 0 fully saturated rings. The highest BCUT2D eigenvalue weighted by atomic mass is 16.2. The molecule has 0 spiro atoms. The highest BCUT2D eigenvalue weighted by molar-refractivity contribution is 5.81. The van der Waals surface area contributed by atoms with Crippen LogP contribution in [0.4, 0.5) is 0 Å². The Bertz CT molecular complexity index is 501. The zero-order valence-corrected chi connectivity index (χ0v) is 7.23. The van der Waals surface area contributed by atoms with Crippen LogP contribution in [0.15, 0.2) is 30.5 Å². The fourth-order valence-electron chi connectivity index (χ4n) is 1.22. The van der Waals surface area contributed by atoms with Gasteiger partial charge in [0.2, 0.25) is 0 Å². The second kappa shape index (κ2) is 3.23. The van der Waals surface area contributed by atoms with Gasteiger partial charge in [-0.05, 0) is 12.1 Å². The number of aromatic nitrogens is 2. The number of imidazole rings is 1. The van der Waals surface area contributed by atoms with Crippen LogP contribution in [0.5, 0.6) is 0 Å². The predicted molar refractivity (Wildman–Crippen MR) is 52.3 cm³/mol. The number of hydrogen-bond acceptors (Lipinski definition) is 3. The van der Waals surface area contributed by atoms with Crippen molar-refractivity contribution in [2.24, 2.45) is 0 Å². The Balaban J connectivity index is 2.62. The highest BCUT2D eigenvalue weighted by Gasteiger charge is 2.06. The summed E-state index contributed by atoms with van der Waals surface area (Å²) in [7, 11) is 0. The molecule has 0 amide bonds. The van der Waals surface area contributed by atoms with E-state index >= 15 is 0 Å². The minimum Gasteiger partial charge on any atom is -0.514 e. The second-order valence-electron chi connectivity index (χ2n) is 2.76. The Morgan fingerprint density at radius 1 is 1.50 bits per heavy atom. The fraction of sp³-hybridized carbons (Fsp3) is 0. The van der Waals surface area contributed by atoms with Gasteiger partial charge < -0.3 is 10.1 Å². The van der Waals surface area contributed by atoms with Crippen molar-refractivity contribution in [2.75, 3.05) is 0 Å². The van der Waals surface area contributed by atoms with Gasteiger partial charge in [0.25, 0.3) is 0 Å². The fourth-order valence-corrected chi connectivity index (χ4v) is 1.22. The van der Waals surface area contributed by atoms with Gasteiger partial charge in [0.15, 0.2) is 5.82 Å². The smallest absolute Gasteiger partial charge is 0.152 e. The van der Waals surface area contributed by atoms with Gasteiger partial charge in [-0.1, -0.05) is 12.1 Å². The number of nitrogens with zero attached hydrogens (tertiary/aromatic N) is 2. The summed E-state index contributed by atoms with van der Waals surface area (Å²) >= 11 is 0. The minimum absolute atomic E-state index is 0.126. The van der Waals surface area contributed by atoms with Gasteiger partial charge in [0.05, 0.1) is 11.0 Å². The lowest BCUT2D eigenvalue weighted by molar-refractivity contribution is 0.476. The van der Waals surface area contributed by atoms with Gasteiger partial charge in [-0.3, -0.25) is 0 Å². The van der Waals surface area contributed by atoms with Crippen LogP contribution in [-0.2, 0) is 0 Å². The molecule has 0 aliphatic heterocycles. The lowest BCUT2D eigenvalue weighted by atomic mass is 10.3. The number of allylic oxidation sites excluding steroid dienone is 1. The van der Waals surface area contributed by atoms with Crippen LogP contribution in [0.1, 0.15) is 5.82 Å². The Labute approximate surface area is 80.1 Å². The molecule has 0 unspecified atom stereocenters. The summed E-state index contributed by atoms with van der Waals surface area (Å²) in [6, 6.07) is 9.28. The number of nitrogens with one attached hydrogen (secondary N) is 1. The van der Waals surface area contributed by atoms with E-state index in [2.05, 4.69) is 9.97 Å². The van der Waals surface area contributed by atoms with Gasteiger partial charge >= 0.3 is 0 Å². The molecule has 0 aliphatic rings. The van der Waals surface area contributed by atoms with E-state index in [0.717, 1.165) is 17.3 Å². The topological polar surface area (TPSA) is 72.7 Å². The molecule has 1 aromatic carbocycles. The number of H-pyrrole nitrogens is 1. The average molecular weight is 185 g/mol. The summed E-state index contributed by atoms with van der Waals surface area (Å²) in [4.78, 5) is 7.08. The minimum atomic E-state index is 0.126. The zero-order valence-electron chi connectivity index (χ0n) is 7.23. The first kappa shape index (κ1) is 8.32. The lowest BCUT2D eigenvalue weighted by Gasteiger charge is -1.86. The molecule has 2 N–H and O–H groups in total. The van der Waals surface area contributed by atoms with Crippen LogP contribution in [0.2, 0.25) is 0 Å². The van der Waals surface area contributed by atoms with Crippen molar-refractivity contribution in [3.05, 3.63) is 36.4 Å². The third-order valence-electron chi connectivity index (χ3n) is 1.89. The molecule has 0 atom stereocenters. The zero-order chi connectivity index (χ0) is 9.97. The van der Waals surface area contributed by atoms with Crippen molar-refractivity contribution in [3.8, 4) is 6.07 Å². The molecule has 1 aromatic heterocycles. The summed E-state index contributed by atoms with van der Waals surface area (Å²) < 4.78 is 0. The average Bonchev–Trinajstić information content (AvgIpc) is 2.63. The Kier molecular flexibility index (Phi) is 1.92. The third kappa shape index (κ3) is 1.21. The van der Waals surface area contributed by atoms with Crippen LogP contribution in [0.25, 0.3) is 16.6 Å². The summed E-state index contributed by atoms with van der Waals surface area (Å²) in [6.07, 6.45) is 0.748. The van der Waals surface area contributed by atoms with E-state index in [0.29, 0.717) is 5.82 Å². The second-order valence-corrected chi connectivity index (χ2v) is 2.76. The van der Waals surface area contributed by atoms with Crippen LogP contribution in [0, 0.1) is 11.3 Å². The van der Waals surface area contributed by atoms with E-state index in [1.165, 1.54) is 0 Å². The van der Waals surface area contributed by atoms with E-state index in [1.54, 1.807) is 0 Å². The van der Waals surface area contributed by atoms with E-state index in [1.807, 2.05) is 30.3 Å². The van der Waals surface area contributed by atoms with Crippen molar-refractivity contribution < 1.29 is 5.11 Å². The predicted octanol–water partition coefficient (Wildman–Crippen LogP) is 1.99. The number of aromatic amines is 1. The molecule has 14 heavy (non-hydrogen) atoms. The number of nitriles is 1. The lowest BCUT2D eigenvalue weighted by Crippen LogP contribution is -1.83. The molecule has 0 bridgehead atoms. The van der Waals surface area contributed by atoms with Crippen molar-refractivity contribution in [1.29, 1.82) is 5.26 Å². The van der Waals surface area contributed by atoms with Gasteiger partial charge in [-0.2, -0.15) is 5.26 Å². The number of fused-ring (bicyclic) bond motifs is 1. The monoisotopic (exact) mass is 185 g/mol. The van der Waals surface area contributed by atoms with Gasteiger partial charge in [-0.25, -0.2) is 4.98 Å². The molecule has 2 rings (SSSR count). The number of rotatable bonds is 1. The van der Waals surface area contributed by atoms with Crippen molar-refractivity contribution in [2.45, 2.75) is 0 Å². The van der Waals surface area contributed by atoms with E-state index in [9.17, 15) is 0 Å². The molecule has 0 radical (unpaired) electrons. The first-order valence-electron chi connectivity index (χ1n) is 4.05. The first-order chi connectivity index (χ1) is 6.85. The molecule has 0 saturated heterocycles. The quantitative estimate of drug-likeness (QED) is 0.527.